The van der Waals surface area contributed by atoms with Gasteiger partial charge in [0.25, 0.3) is 5.69 Å². The molecular formula is C24H21N3O4. The molecule has 7 heteroatoms. The van der Waals surface area contributed by atoms with Gasteiger partial charge in [0.1, 0.15) is 11.5 Å². The summed E-state index contributed by atoms with van der Waals surface area (Å²) in [5.74, 6) is 1.53. The lowest BCUT2D eigenvalue weighted by Gasteiger charge is -2.38. The number of hydrogen-bond acceptors (Lipinski definition) is 6. The van der Waals surface area contributed by atoms with Gasteiger partial charge in [0.05, 0.1) is 23.3 Å². The van der Waals surface area contributed by atoms with E-state index in [0.717, 1.165) is 28.3 Å². The van der Waals surface area contributed by atoms with E-state index in [1.165, 1.54) is 6.07 Å². The number of ether oxygens (including phenoxy) is 2. The Kier molecular flexibility index (Phi) is 4.78. The molecule has 0 saturated carbocycles. The number of hydrogen-bond donors (Lipinski definition) is 0. The maximum Gasteiger partial charge on any atom is 0.269 e. The molecule has 0 amide bonds. The number of nitro groups is 1. The second-order valence-corrected chi connectivity index (χ2v) is 7.47. The first-order chi connectivity index (χ1) is 15.1. The summed E-state index contributed by atoms with van der Waals surface area (Å²) in [6, 6.07) is 22.3. The SMILES string of the molecule is CCOc1ccc2c(c1)[C@H]1CC(c3ccccc3)=NN1[C@@H](c1cccc([N+](=O)[O-])c1)O2. The molecule has 0 saturated heterocycles. The topological polar surface area (TPSA) is 77.2 Å². The van der Waals surface area contributed by atoms with Crippen molar-refractivity contribution in [2.75, 3.05) is 6.61 Å². The molecule has 0 aliphatic carbocycles. The number of non-ortho nitro benzene ring substituents is 1. The summed E-state index contributed by atoms with van der Waals surface area (Å²) in [5, 5.41) is 18.1. The van der Waals surface area contributed by atoms with Gasteiger partial charge in [-0.25, -0.2) is 5.01 Å². The average Bonchev–Trinajstić information content (AvgIpc) is 3.25. The maximum absolute atomic E-state index is 11.3. The Balaban J connectivity index is 1.60. The van der Waals surface area contributed by atoms with Crippen molar-refractivity contribution < 1.29 is 14.4 Å². The van der Waals surface area contributed by atoms with Crippen molar-refractivity contribution in [3.63, 3.8) is 0 Å². The van der Waals surface area contributed by atoms with Crippen LogP contribution in [0.1, 0.15) is 42.3 Å². The normalized spacial score (nSPS) is 19.1. The van der Waals surface area contributed by atoms with Gasteiger partial charge in [0.2, 0.25) is 6.23 Å². The third-order valence-electron chi connectivity index (χ3n) is 5.55. The van der Waals surface area contributed by atoms with E-state index >= 15 is 0 Å². The van der Waals surface area contributed by atoms with E-state index in [4.69, 9.17) is 14.6 Å². The first-order valence-electron chi connectivity index (χ1n) is 10.2. The lowest BCUT2D eigenvalue weighted by Crippen LogP contribution is -2.33. The number of fused-ring (bicyclic) bond motifs is 3. The summed E-state index contributed by atoms with van der Waals surface area (Å²) in [4.78, 5) is 10.9. The lowest BCUT2D eigenvalue weighted by atomic mass is 9.95. The van der Waals surface area contributed by atoms with Crippen molar-refractivity contribution in [2.24, 2.45) is 5.10 Å². The molecule has 2 atom stereocenters. The first kappa shape index (κ1) is 19.1. The van der Waals surface area contributed by atoms with Gasteiger partial charge in [-0.1, -0.05) is 42.5 Å². The van der Waals surface area contributed by atoms with Crippen molar-refractivity contribution >= 4 is 11.4 Å². The summed E-state index contributed by atoms with van der Waals surface area (Å²) < 4.78 is 12.0. The second-order valence-electron chi connectivity index (χ2n) is 7.47. The fourth-order valence-electron chi connectivity index (χ4n) is 4.14. The van der Waals surface area contributed by atoms with Gasteiger partial charge in [0, 0.05) is 29.7 Å². The third kappa shape index (κ3) is 3.48. The van der Waals surface area contributed by atoms with Crippen LogP contribution in [0, 0.1) is 10.1 Å². The minimum atomic E-state index is -0.559. The molecule has 0 radical (unpaired) electrons. The van der Waals surface area contributed by atoms with E-state index in [0.29, 0.717) is 18.6 Å². The van der Waals surface area contributed by atoms with Crippen molar-refractivity contribution in [1.29, 1.82) is 0 Å². The zero-order chi connectivity index (χ0) is 21.4. The fourth-order valence-corrected chi connectivity index (χ4v) is 4.14. The zero-order valence-corrected chi connectivity index (χ0v) is 17.0. The Morgan fingerprint density at radius 1 is 1.13 bits per heavy atom. The van der Waals surface area contributed by atoms with Gasteiger partial charge in [-0.15, -0.1) is 0 Å². The Hall–Kier alpha value is -3.87. The fraction of sp³-hybridized carbons (Fsp3) is 0.208. The van der Waals surface area contributed by atoms with Crippen molar-refractivity contribution in [3.05, 3.63) is 99.6 Å². The molecule has 0 unspecified atom stereocenters. The highest BCUT2D eigenvalue weighted by molar-refractivity contribution is 6.01. The first-order valence-corrected chi connectivity index (χ1v) is 10.2. The maximum atomic E-state index is 11.3. The van der Waals surface area contributed by atoms with Gasteiger partial charge in [-0.05, 0) is 30.7 Å². The van der Waals surface area contributed by atoms with Gasteiger partial charge >= 0.3 is 0 Å². The van der Waals surface area contributed by atoms with Crippen LogP contribution in [0.15, 0.2) is 77.9 Å². The van der Waals surface area contributed by atoms with Crippen LogP contribution in [-0.4, -0.2) is 22.3 Å². The highest BCUT2D eigenvalue weighted by Crippen LogP contribution is 2.48. The summed E-state index contributed by atoms with van der Waals surface area (Å²) >= 11 is 0. The zero-order valence-electron chi connectivity index (χ0n) is 17.0. The molecule has 3 aromatic rings. The summed E-state index contributed by atoms with van der Waals surface area (Å²) in [6.07, 6.45) is 0.151. The van der Waals surface area contributed by atoms with E-state index in [2.05, 4.69) is 0 Å². The van der Waals surface area contributed by atoms with Gasteiger partial charge in [-0.3, -0.25) is 10.1 Å². The molecule has 3 aromatic carbocycles. The van der Waals surface area contributed by atoms with Crippen molar-refractivity contribution in [3.8, 4) is 11.5 Å². The quantitative estimate of drug-likeness (QED) is 0.421. The second kappa shape index (κ2) is 7.75. The molecule has 0 spiro atoms. The molecule has 2 aliphatic rings. The monoisotopic (exact) mass is 415 g/mol. The highest BCUT2D eigenvalue weighted by Gasteiger charge is 2.41. The largest absolute Gasteiger partial charge is 0.494 e. The molecule has 156 valence electrons. The standard InChI is InChI=1S/C24H21N3O4/c1-2-30-19-11-12-23-20(14-19)22-15-21(16-7-4-3-5-8-16)25-26(22)24(31-23)17-9-6-10-18(13-17)27(28)29/h3-14,22,24H,2,15H2,1H3/t22-,24-/m1/s1. The summed E-state index contributed by atoms with van der Waals surface area (Å²) in [5.41, 5.74) is 3.73. The van der Waals surface area contributed by atoms with Crippen LogP contribution < -0.4 is 9.47 Å². The Labute approximate surface area is 179 Å². The minimum absolute atomic E-state index is 0.0293. The van der Waals surface area contributed by atoms with Crippen molar-refractivity contribution in [1.82, 2.24) is 5.01 Å². The van der Waals surface area contributed by atoms with Crippen LogP contribution in [0.25, 0.3) is 0 Å². The van der Waals surface area contributed by atoms with Crippen LogP contribution in [0.2, 0.25) is 0 Å². The average molecular weight is 415 g/mol. The van der Waals surface area contributed by atoms with E-state index in [9.17, 15) is 10.1 Å². The van der Waals surface area contributed by atoms with Crippen LogP contribution in [0.4, 0.5) is 5.69 Å². The van der Waals surface area contributed by atoms with Gasteiger partial charge in [-0.2, -0.15) is 5.10 Å². The molecule has 7 nitrogen and oxygen atoms in total. The highest BCUT2D eigenvalue weighted by atomic mass is 16.6. The van der Waals surface area contributed by atoms with Crippen molar-refractivity contribution in [2.45, 2.75) is 25.6 Å². The minimum Gasteiger partial charge on any atom is -0.494 e. The van der Waals surface area contributed by atoms with Crippen LogP contribution in [0.5, 0.6) is 11.5 Å². The number of nitro benzene ring substituents is 1. The van der Waals surface area contributed by atoms with E-state index in [-0.39, 0.29) is 11.7 Å². The van der Waals surface area contributed by atoms with Gasteiger partial charge in [0.15, 0.2) is 0 Å². The molecule has 0 aromatic heterocycles. The Bertz CT molecular complexity index is 1160. The van der Waals surface area contributed by atoms with E-state index in [1.54, 1.807) is 12.1 Å². The molecule has 5 rings (SSSR count). The molecular weight excluding hydrogens is 394 g/mol. The van der Waals surface area contributed by atoms with E-state index < -0.39 is 11.2 Å². The Morgan fingerprint density at radius 3 is 2.74 bits per heavy atom. The number of rotatable bonds is 5. The molecule has 2 aliphatic heterocycles. The predicted octanol–water partition coefficient (Wildman–Crippen LogP) is 5.24. The summed E-state index contributed by atoms with van der Waals surface area (Å²) in [7, 11) is 0. The summed E-state index contributed by atoms with van der Waals surface area (Å²) in [6.45, 7) is 2.53. The number of hydrazone groups is 1. The molecule has 0 fully saturated rings. The Morgan fingerprint density at radius 2 is 1.97 bits per heavy atom. The van der Waals surface area contributed by atoms with Gasteiger partial charge < -0.3 is 9.47 Å². The number of nitrogens with zero attached hydrogens (tertiary/aromatic N) is 3. The van der Waals surface area contributed by atoms with Crippen LogP contribution in [-0.2, 0) is 0 Å². The predicted molar refractivity (Wildman–Crippen MR) is 116 cm³/mol. The molecule has 2 heterocycles. The van der Waals surface area contributed by atoms with E-state index in [1.807, 2.05) is 66.5 Å². The smallest absolute Gasteiger partial charge is 0.269 e. The van der Waals surface area contributed by atoms with Crippen LogP contribution in [0.3, 0.4) is 0 Å². The molecule has 0 N–H and O–H groups in total. The van der Waals surface area contributed by atoms with Crippen LogP contribution >= 0.6 is 0 Å². The molecule has 31 heavy (non-hydrogen) atoms. The lowest BCUT2D eigenvalue weighted by molar-refractivity contribution is -0.385. The molecule has 0 bridgehead atoms. The third-order valence-corrected chi connectivity index (χ3v) is 5.55. The number of benzene rings is 3.